The van der Waals surface area contributed by atoms with Gasteiger partial charge in [0.1, 0.15) is 0 Å². The van der Waals surface area contributed by atoms with Crippen molar-refractivity contribution in [2.75, 3.05) is 0 Å². The molecule has 0 bridgehead atoms. The maximum Gasteiger partial charge on any atom is 0.152 e. The lowest BCUT2D eigenvalue weighted by Gasteiger charge is -2.05. The lowest BCUT2D eigenvalue weighted by atomic mass is 10.1. The predicted molar refractivity (Wildman–Crippen MR) is 66.4 cm³/mol. The first-order chi connectivity index (χ1) is 7.20. The topological polar surface area (TPSA) is 34.9 Å². The molecule has 1 aromatic carbocycles. The number of rotatable bonds is 2. The van der Waals surface area contributed by atoms with E-state index in [4.69, 9.17) is 0 Å². The third-order valence-electron chi connectivity index (χ3n) is 2.11. The lowest BCUT2D eigenvalue weighted by Crippen LogP contribution is -1.99. The summed E-state index contributed by atoms with van der Waals surface area (Å²) in [6.07, 6.45) is 4.50. The van der Waals surface area contributed by atoms with Crippen LogP contribution in [0.2, 0.25) is 0 Å². The van der Waals surface area contributed by atoms with Gasteiger partial charge in [0.15, 0.2) is 6.29 Å². The van der Waals surface area contributed by atoms with E-state index in [0.29, 0.717) is 5.56 Å². The lowest BCUT2D eigenvalue weighted by molar-refractivity contribution is 0.112. The highest BCUT2D eigenvalue weighted by molar-refractivity contribution is 14.1. The van der Waals surface area contributed by atoms with Crippen LogP contribution in [0.5, 0.6) is 0 Å². The summed E-state index contributed by atoms with van der Waals surface area (Å²) in [6, 6.07) is 5.73. The van der Waals surface area contributed by atoms with Gasteiger partial charge in [0.25, 0.3) is 0 Å². The second-order valence-electron chi connectivity index (χ2n) is 3.28. The quantitative estimate of drug-likeness (QED) is 0.631. The molecule has 0 aliphatic heterocycles. The largest absolute Gasteiger partial charge is 0.298 e. The highest BCUT2D eigenvalue weighted by Crippen LogP contribution is 2.15. The Balaban J connectivity index is 2.57. The Labute approximate surface area is 101 Å². The molecule has 1 aromatic heterocycles. The molecule has 3 nitrogen and oxygen atoms in total. The van der Waals surface area contributed by atoms with Crippen LogP contribution in [-0.4, -0.2) is 16.1 Å². The molecule has 0 aliphatic rings. The fourth-order valence-corrected chi connectivity index (χ4v) is 1.80. The Morgan fingerprint density at radius 1 is 1.47 bits per heavy atom. The molecule has 0 atom stereocenters. The summed E-state index contributed by atoms with van der Waals surface area (Å²) in [5, 5.41) is 4.17. The van der Waals surface area contributed by atoms with Crippen LogP contribution in [0.15, 0.2) is 30.6 Å². The number of hydrogen-bond donors (Lipinski definition) is 0. The van der Waals surface area contributed by atoms with Crippen LogP contribution in [0.1, 0.15) is 15.9 Å². The molecule has 1 heterocycles. The maximum atomic E-state index is 10.9. The highest BCUT2D eigenvalue weighted by atomic mass is 127. The second kappa shape index (κ2) is 4.14. The maximum absolute atomic E-state index is 10.9. The van der Waals surface area contributed by atoms with Gasteiger partial charge in [-0.1, -0.05) is 11.6 Å². The average molecular weight is 312 g/mol. The van der Waals surface area contributed by atoms with Crippen LogP contribution >= 0.6 is 22.6 Å². The van der Waals surface area contributed by atoms with E-state index >= 15 is 0 Å². The fourth-order valence-electron chi connectivity index (χ4n) is 1.41. The van der Waals surface area contributed by atoms with E-state index in [1.165, 1.54) is 0 Å². The molecule has 0 saturated heterocycles. The number of halogens is 1. The summed E-state index contributed by atoms with van der Waals surface area (Å²) in [7, 11) is 0. The number of carbonyl (C=O) groups is 1. The van der Waals surface area contributed by atoms with Crippen LogP contribution in [0.4, 0.5) is 0 Å². The molecule has 0 aliphatic carbocycles. The van der Waals surface area contributed by atoms with Crippen LogP contribution < -0.4 is 0 Å². The molecular formula is C11H9IN2O. The van der Waals surface area contributed by atoms with Crippen molar-refractivity contribution in [1.82, 2.24) is 9.78 Å². The Hall–Kier alpha value is -1.17. The average Bonchev–Trinajstić information content (AvgIpc) is 2.64. The van der Waals surface area contributed by atoms with E-state index in [9.17, 15) is 4.79 Å². The summed E-state index contributed by atoms with van der Waals surface area (Å²) < 4.78 is 2.76. The summed E-state index contributed by atoms with van der Waals surface area (Å²) >= 11 is 2.19. The molecule has 15 heavy (non-hydrogen) atoms. The minimum Gasteiger partial charge on any atom is -0.298 e. The van der Waals surface area contributed by atoms with Crippen molar-refractivity contribution in [3.63, 3.8) is 0 Å². The minimum atomic E-state index is 0.662. The van der Waals surface area contributed by atoms with Crippen molar-refractivity contribution >= 4 is 28.9 Å². The fraction of sp³-hybridized carbons (Fsp3) is 0.0909. The van der Waals surface area contributed by atoms with Crippen molar-refractivity contribution in [2.24, 2.45) is 0 Å². The molecule has 0 amide bonds. The van der Waals surface area contributed by atoms with Crippen LogP contribution in [0.3, 0.4) is 0 Å². The molecule has 0 unspecified atom stereocenters. The standard InChI is InChI=1S/C11H9IN2O/c1-8-2-3-11(9(4-8)7-15)14-6-10(12)5-13-14/h2-7H,1H3. The normalized spacial score (nSPS) is 10.3. The van der Waals surface area contributed by atoms with E-state index in [-0.39, 0.29) is 0 Å². The van der Waals surface area contributed by atoms with Crippen molar-refractivity contribution < 1.29 is 4.79 Å². The van der Waals surface area contributed by atoms with Gasteiger partial charge in [-0.3, -0.25) is 4.79 Å². The summed E-state index contributed by atoms with van der Waals surface area (Å²) in [5.74, 6) is 0. The summed E-state index contributed by atoms with van der Waals surface area (Å²) in [6.45, 7) is 1.96. The second-order valence-corrected chi connectivity index (χ2v) is 4.53. The van der Waals surface area contributed by atoms with Crippen molar-refractivity contribution in [3.8, 4) is 5.69 Å². The number of aromatic nitrogens is 2. The van der Waals surface area contributed by atoms with Gasteiger partial charge in [-0.25, -0.2) is 4.68 Å². The Kier molecular flexibility index (Phi) is 2.86. The van der Waals surface area contributed by atoms with Gasteiger partial charge >= 0.3 is 0 Å². The third-order valence-corrected chi connectivity index (χ3v) is 2.66. The summed E-state index contributed by atoms with van der Waals surface area (Å²) in [4.78, 5) is 10.9. The highest BCUT2D eigenvalue weighted by Gasteiger charge is 2.05. The van der Waals surface area contributed by atoms with Gasteiger partial charge in [-0.2, -0.15) is 5.10 Å². The zero-order valence-corrected chi connectivity index (χ0v) is 10.3. The van der Waals surface area contributed by atoms with E-state index in [2.05, 4.69) is 27.7 Å². The van der Waals surface area contributed by atoms with Gasteiger partial charge in [0.2, 0.25) is 0 Å². The first-order valence-electron chi connectivity index (χ1n) is 4.47. The van der Waals surface area contributed by atoms with Crippen molar-refractivity contribution in [3.05, 3.63) is 45.3 Å². The Morgan fingerprint density at radius 2 is 2.27 bits per heavy atom. The number of nitrogens with zero attached hydrogens (tertiary/aromatic N) is 2. The van der Waals surface area contributed by atoms with Gasteiger partial charge in [0.05, 0.1) is 15.5 Å². The molecule has 2 aromatic rings. The van der Waals surface area contributed by atoms with Gasteiger partial charge in [-0.05, 0) is 41.6 Å². The minimum absolute atomic E-state index is 0.662. The predicted octanol–water partition coefficient (Wildman–Crippen LogP) is 2.60. The van der Waals surface area contributed by atoms with E-state index in [1.54, 1.807) is 10.9 Å². The first kappa shape index (κ1) is 10.4. The van der Waals surface area contributed by atoms with E-state index < -0.39 is 0 Å². The molecule has 4 heteroatoms. The first-order valence-corrected chi connectivity index (χ1v) is 5.55. The van der Waals surface area contributed by atoms with E-state index in [1.807, 2.05) is 31.3 Å². The molecule has 0 fully saturated rings. The molecule has 2 rings (SSSR count). The molecule has 0 N–H and O–H groups in total. The molecular weight excluding hydrogens is 303 g/mol. The van der Waals surface area contributed by atoms with Crippen LogP contribution in [-0.2, 0) is 0 Å². The number of carbonyl (C=O) groups excluding carboxylic acids is 1. The van der Waals surface area contributed by atoms with Crippen LogP contribution in [0.25, 0.3) is 5.69 Å². The Bertz CT molecular complexity index is 505. The monoisotopic (exact) mass is 312 g/mol. The number of benzene rings is 1. The zero-order chi connectivity index (χ0) is 10.8. The molecule has 76 valence electrons. The Morgan fingerprint density at radius 3 is 2.87 bits per heavy atom. The molecule has 0 radical (unpaired) electrons. The van der Waals surface area contributed by atoms with Gasteiger partial charge in [-0.15, -0.1) is 0 Å². The SMILES string of the molecule is Cc1ccc(-n2cc(I)cn2)c(C=O)c1. The van der Waals surface area contributed by atoms with Crippen molar-refractivity contribution in [2.45, 2.75) is 6.92 Å². The molecule has 0 saturated carbocycles. The third kappa shape index (κ3) is 2.09. The zero-order valence-electron chi connectivity index (χ0n) is 8.14. The number of hydrogen-bond acceptors (Lipinski definition) is 2. The number of aryl methyl sites for hydroxylation is 1. The van der Waals surface area contributed by atoms with Crippen LogP contribution in [0, 0.1) is 10.5 Å². The number of aldehydes is 1. The van der Waals surface area contributed by atoms with Crippen molar-refractivity contribution in [1.29, 1.82) is 0 Å². The smallest absolute Gasteiger partial charge is 0.152 e. The van der Waals surface area contributed by atoms with E-state index in [0.717, 1.165) is 21.1 Å². The summed E-state index contributed by atoms with van der Waals surface area (Å²) in [5.41, 5.74) is 2.55. The molecule has 0 spiro atoms. The van der Waals surface area contributed by atoms with Gasteiger partial charge in [0, 0.05) is 11.8 Å². The van der Waals surface area contributed by atoms with Gasteiger partial charge < -0.3 is 0 Å².